The molecule has 2 aromatic rings. The first-order chi connectivity index (χ1) is 10.5. The van der Waals surface area contributed by atoms with Crippen LogP contribution in [0.15, 0.2) is 17.1 Å². The molecule has 1 saturated heterocycles. The molecule has 1 N–H and O–H groups in total. The zero-order valence-electron chi connectivity index (χ0n) is 13.2. The molecule has 0 saturated carbocycles. The average molecular weight is 303 g/mol. The number of aromatic amines is 1. The van der Waals surface area contributed by atoms with Gasteiger partial charge in [-0.1, -0.05) is 0 Å². The Bertz CT molecular complexity index is 721. The van der Waals surface area contributed by atoms with Gasteiger partial charge in [-0.25, -0.2) is 4.98 Å². The normalized spacial score (nSPS) is 19.5. The van der Waals surface area contributed by atoms with Crippen molar-refractivity contribution in [3.63, 3.8) is 0 Å². The first kappa shape index (κ1) is 14.9. The molecule has 0 amide bonds. The topological polar surface area (TPSA) is 76.0 Å². The third-order valence-electron chi connectivity index (χ3n) is 4.09. The Morgan fingerprint density at radius 1 is 1.45 bits per heavy atom. The average Bonchev–Trinajstić information content (AvgIpc) is 2.79. The number of ether oxygens (including phenoxy) is 1. The fraction of sp³-hybridized carbons (Fsp3) is 0.533. The minimum absolute atomic E-state index is 0.133. The van der Waals surface area contributed by atoms with E-state index in [1.807, 2.05) is 17.9 Å². The predicted octanol–water partition coefficient (Wildman–Crippen LogP) is 0.694. The van der Waals surface area contributed by atoms with Crippen LogP contribution in [-0.4, -0.2) is 44.3 Å². The fourth-order valence-electron chi connectivity index (χ4n) is 2.73. The Labute approximate surface area is 128 Å². The van der Waals surface area contributed by atoms with Gasteiger partial charge in [0.2, 0.25) is 0 Å². The molecule has 3 rings (SSSR count). The van der Waals surface area contributed by atoms with Crippen molar-refractivity contribution in [1.82, 2.24) is 24.6 Å². The highest BCUT2D eigenvalue weighted by molar-refractivity contribution is 5.16. The standard InChI is InChI=1S/C15H21N5O2/c1-10-12(7-16-19(10)3)8-20-4-5-22-14(9-20)13-6-15(21)18-11(2)17-13/h6-7,14H,4-5,8-9H2,1-3H3,(H,17,18,21)/t14-/m0/s1. The van der Waals surface area contributed by atoms with Crippen LogP contribution in [0.3, 0.4) is 0 Å². The molecule has 0 spiro atoms. The summed E-state index contributed by atoms with van der Waals surface area (Å²) in [7, 11) is 1.95. The summed E-state index contributed by atoms with van der Waals surface area (Å²) in [6.07, 6.45) is 1.75. The van der Waals surface area contributed by atoms with Crippen LogP contribution >= 0.6 is 0 Å². The number of rotatable bonds is 3. The van der Waals surface area contributed by atoms with Crippen molar-refractivity contribution < 1.29 is 4.74 Å². The van der Waals surface area contributed by atoms with Gasteiger partial charge in [0.15, 0.2) is 0 Å². The number of aryl methyl sites for hydroxylation is 2. The fourth-order valence-corrected chi connectivity index (χ4v) is 2.73. The van der Waals surface area contributed by atoms with E-state index in [1.54, 1.807) is 6.92 Å². The third-order valence-corrected chi connectivity index (χ3v) is 4.09. The summed E-state index contributed by atoms with van der Waals surface area (Å²) in [6, 6.07) is 1.52. The van der Waals surface area contributed by atoms with Gasteiger partial charge in [0.05, 0.1) is 18.5 Å². The molecule has 7 nitrogen and oxygen atoms in total. The Balaban J connectivity index is 1.74. The molecule has 1 atom stereocenters. The van der Waals surface area contributed by atoms with Crippen LogP contribution in [0.1, 0.15) is 28.9 Å². The Morgan fingerprint density at radius 3 is 2.95 bits per heavy atom. The van der Waals surface area contributed by atoms with E-state index in [0.29, 0.717) is 18.1 Å². The summed E-state index contributed by atoms with van der Waals surface area (Å²) in [5, 5.41) is 4.28. The smallest absolute Gasteiger partial charge is 0.251 e. The number of nitrogens with one attached hydrogen (secondary N) is 1. The molecule has 1 fully saturated rings. The lowest BCUT2D eigenvalue weighted by molar-refractivity contribution is -0.0352. The molecular weight excluding hydrogens is 282 g/mol. The number of nitrogens with zero attached hydrogens (tertiary/aromatic N) is 4. The van der Waals surface area contributed by atoms with E-state index in [4.69, 9.17) is 4.74 Å². The van der Waals surface area contributed by atoms with Crippen LogP contribution < -0.4 is 5.56 Å². The summed E-state index contributed by atoms with van der Waals surface area (Å²) in [5.74, 6) is 0.617. The first-order valence-electron chi connectivity index (χ1n) is 7.42. The Hall–Kier alpha value is -1.99. The highest BCUT2D eigenvalue weighted by atomic mass is 16.5. The highest BCUT2D eigenvalue weighted by Crippen LogP contribution is 2.21. The maximum Gasteiger partial charge on any atom is 0.251 e. The summed E-state index contributed by atoms with van der Waals surface area (Å²) >= 11 is 0. The van der Waals surface area contributed by atoms with Crippen molar-refractivity contribution in [1.29, 1.82) is 0 Å². The number of H-pyrrole nitrogens is 1. The Kier molecular flexibility index (Phi) is 4.08. The van der Waals surface area contributed by atoms with Crippen LogP contribution in [0.5, 0.6) is 0 Å². The highest BCUT2D eigenvalue weighted by Gasteiger charge is 2.24. The lowest BCUT2D eigenvalue weighted by Gasteiger charge is -2.32. The van der Waals surface area contributed by atoms with Crippen LogP contribution in [0, 0.1) is 13.8 Å². The monoisotopic (exact) mass is 303 g/mol. The molecular formula is C15H21N5O2. The molecule has 0 aliphatic carbocycles. The predicted molar refractivity (Wildman–Crippen MR) is 81.5 cm³/mol. The molecule has 118 valence electrons. The summed E-state index contributed by atoms with van der Waals surface area (Å²) in [5.41, 5.74) is 2.96. The van der Waals surface area contributed by atoms with E-state index < -0.39 is 0 Å². The van der Waals surface area contributed by atoms with Crippen molar-refractivity contribution in [2.24, 2.45) is 7.05 Å². The number of hydrogen-bond acceptors (Lipinski definition) is 5. The van der Waals surface area contributed by atoms with E-state index >= 15 is 0 Å². The second-order valence-corrected chi connectivity index (χ2v) is 5.73. The molecule has 1 aliphatic rings. The van der Waals surface area contributed by atoms with Gasteiger partial charge in [-0.05, 0) is 13.8 Å². The lowest BCUT2D eigenvalue weighted by atomic mass is 10.1. The third kappa shape index (κ3) is 3.10. The van der Waals surface area contributed by atoms with E-state index in [2.05, 4.69) is 26.9 Å². The van der Waals surface area contributed by atoms with Gasteiger partial charge in [-0.15, -0.1) is 0 Å². The largest absolute Gasteiger partial charge is 0.369 e. The molecule has 3 heterocycles. The minimum atomic E-state index is -0.160. The van der Waals surface area contributed by atoms with Crippen molar-refractivity contribution >= 4 is 0 Å². The summed E-state index contributed by atoms with van der Waals surface area (Å²) in [4.78, 5) is 21.0. The van der Waals surface area contributed by atoms with E-state index in [1.165, 1.54) is 17.3 Å². The minimum Gasteiger partial charge on any atom is -0.369 e. The van der Waals surface area contributed by atoms with Crippen molar-refractivity contribution in [3.8, 4) is 0 Å². The maximum atomic E-state index is 11.6. The SMILES string of the molecule is Cc1nc([C@@H]2CN(Cc3cnn(C)c3C)CCO2)cc(=O)[nH]1. The number of morpholine rings is 1. The maximum absolute atomic E-state index is 11.6. The number of hydrogen-bond donors (Lipinski definition) is 1. The summed E-state index contributed by atoms with van der Waals surface area (Å²) in [6.45, 7) is 6.92. The van der Waals surface area contributed by atoms with Crippen molar-refractivity contribution in [3.05, 3.63) is 45.4 Å². The van der Waals surface area contributed by atoms with Gasteiger partial charge in [0.1, 0.15) is 11.9 Å². The molecule has 22 heavy (non-hydrogen) atoms. The van der Waals surface area contributed by atoms with Gasteiger partial charge in [-0.2, -0.15) is 5.10 Å². The van der Waals surface area contributed by atoms with Gasteiger partial charge < -0.3 is 9.72 Å². The van der Waals surface area contributed by atoms with Crippen LogP contribution in [0.2, 0.25) is 0 Å². The summed E-state index contributed by atoms with van der Waals surface area (Å²) < 4.78 is 7.68. The van der Waals surface area contributed by atoms with Gasteiger partial charge in [0.25, 0.3) is 5.56 Å². The molecule has 7 heteroatoms. The molecule has 0 bridgehead atoms. The van der Waals surface area contributed by atoms with Gasteiger partial charge >= 0.3 is 0 Å². The Morgan fingerprint density at radius 2 is 2.27 bits per heavy atom. The molecule has 2 aromatic heterocycles. The van der Waals surface area contributed by atoms with Crippen molar-refractivity contribution in [2.45, 2.75) is 26.5 Å². The zero-order valence-corrected chi connectivity index (χ0v) is 13.2. The molecule has 0 radical (unpaired) electrons. The van der Waals surface area contributed by atoms with E-state index in [-0.39, 0.29) is 11.7 Å². The zero-order chi connectivity index (χ0) is 15.7. The van der Waals surface area contributed by atoms with E-state index in [9.17, 15) is 4.79 Å². The first-order valence-corrected chi connectivity index (χ1v) is 7.42. The second-order valence-electron chi connectivity index (χ2n) is 5.73. The van der Waals surface area contributed by atoms with Gasteiger partial charge in [-0.3, -0.25) is 14.4 Å². The number of aromatic nitrogens is 4. The molecule has 1 aliphatic heterocycles. The molecule has 0 unspecified atom stereocenters. The lowest BCUT2D eigenvalue weighted by Crippen LogP contribution is -2.38. The van der Waals surface area contributed by atoms with E-state index in [0.717, 1.165) is 19.6 Å². The van der Waals surface area contributed by atoms with Crippen LogP contribution in [-0.2, 0) is 18.3 Å². The van der Waals surface area contributed by atoms with Crippen LogP contribution in [0.25, 0.3) is 0 Å². The van der Waals surface area contributed by atoms with Crippen LogP contribution in [0.4, 0.5) is 0 Å². The second kappa shape index (κ2) is 6.02. The quantitative estimate of drug-likeness (QED) is 0.903. The van der Waals surface area contributed by atoms with Crippen molar-refractivity contribution in [2.75, 3.05) is 19.7 Å². The van der Waals surface area contributed by atoms with Gasteiger partial charge in [0, 0.05) is 44.0 Å². The molecule has 0 aromatic carbocycles.